The molecule has 1 N–H and O–H groups in total. The molecule has 3 nitrogen and oxygen atoms in total. The number of hydrogen-bond acceptors (Lipinski definition) is 3. The predicted molar refractivity (Wildman–Crippen MR) is 81.7 cm³/mol. The average Bonchev–Trinajstić information content (AvgIpc) is 2.42. The van der Waals surface area contributed by atoms with E-state index in [4.69, 9.17) is 0 Å². The molecule has 0 amide bonds. The van der Waals surface area contributed by atoms with E-state index >= 15 is 0 Å². The largest absolute Gasteiger partial charge is 0.338 e. The third kappa shape index (κ3) is 2.58. The number of aromatic nitrogens is 2. The number of aryl methyl sites for hydroxylation is 1. The van der Waals surface area contributed by atoms with Gasteiger partial charge in [0.2, 0.25) is 0 Å². The zero-order chi connectivity index (χ0) is 13.2. The van der Waals surface area contributed by atoms with Gasteiger partial charge in [0.05, 0.1) is 11.2 Å². The van der Waals surface area contributed by atoms with Crippen molar-refractivity contribution >= 4 is 38.3 Å². The van der Waals surface area contributed by atoms with E-state index in [0.29, 0.717) is 0 Å². The molecular formula is C15H12BrN3. The van der Waals surface area contributed by atoms with Crippen LogP contribution in [-0.2, 0) is 0 Å². The molecule has 0 aliphatic heterocycles. The fourth-order valence-electron chi connectivity index (χ4n) is 1.93. The van der Waals surface area contributed by atoms with Gasteiger partial charge in [-0.25, -0.2) is 4.98 Å². The van der Waals surface area contributed by atoms with Gasteiger partial charge in [-0.2, -0.15) is 0 Å². The summed E-state index contributed by atoms with van der Waals surface area (Å²) in [7, 11) is 0. The van der Waals surface area contributed by atoms with Gasteiger partial charge in [0.25, 0.3) is 0 Å². The number of anilines is 2. The second kappa shape index (κ2) is 4.97. The van der Waals surface area contributed by atoms with E-state index in [1.54, 1.807) is 6.20 Å². The van der Waals surface area contributed by atoms with Crippen molar-refractivity contribution in [3.05, 3.63) is 58.8 Å². The van der Waals surface area contributed by atoms with Crippen molar-refractivity contribution in [1.29, 1.82) is 0 Å². The molecule has 2 heterocycles. The Bertz CT molecular complexity index is 723. The summed E-state index contributed by atoms with van der Waals surface area (Å²) in [6.07, 6.45) is 1.77. The second-order valence-corrected chi connectivity index (χ2v) is 5.23. The molecule has 1 aromatic carbocycles. The monoisotopic (exact) mass is 313 g/mol. The normalized spacial score (nSPS) is 10.6. The highest BCUT2D eigenvalue weighted by atomic mass is 79.9. The first-order valence-corrected chi connectivity index (χ1v) is 6.77. The fourth-order valence-corrected chi connectivity index (χ4v) is 2.17. The topological polar surface area (TPSA) is 37.8 Å². The molecule has 0 atom stereocenters. The van der Waals surface area contributed by atoms with Gasteiger partial charge < -0.3 is 5.32 Å². The molecule has 3 rings (SSSR count). The van der Waals surface area contributed by atoms with Crippen LogP contribution in [0.15, 0.2) is 53.1 Å². The quantitative estimate of drug-likeness (QED) is 0.759. The Balaban J connectivity index is 2.05. The molecule has 0 radical (unpaired) electrons. The number of nitrogens with one attached hydrogen (secondary N) is 1. The van der Waals surface area contributed by atoms with E-state index in [0.717, 1.165) is 32.6 Å². The number of pyridine rings is 2. The first-order chi connectivity index (χ1) is 9.22. The molecule has 0 spiro atoms. The number of fused-ring (bicyclic) bond motifs is 1. The molecule has 2 aromatic heterocycles. The first kappa shape index (κ1) is 12.1. The average molecular weight is 314 g/mol. The summed E-state index contributed by atoms with van der Waals surface area (Å²) in [6.45, 7) is 1.99. The minimum Gasteiger partial charge on any atom is -0.338 e. The van der Waals surface area contributed by atoms with Crippen molar-refractivity contribution in [3.63, 3.8) is 0 Å². The minimum absolute atomic E-state index is 0.805. The lowest BCUT2D eigenvalue weighted by Gasteiger charge is -2.09. The van der Waals surface area contributed by atoms with E-state index in [1.165, 1.54) is 0 Å². The van der Waals surface area contributed by atoms with Crippen molar-refractivity contribution < 1.29 is 0 Å². The Morgan fingerprint density at radius 3 is 2.74 bits per heavy atom. The van der Waals surface area contributed by atoms with E-state index in [2.05, 4.69) is 43.3 Å². The third-order valence-electron chi connectivity index (χ3n) is 2.85. The van der Waals surface area contributed by atoms with Gasteiger partial charge in [0, 0.05) is 21.7 Å². The van der Waals surface area contributed by atoms with Crippen LogP contribution in [0, 0.1) is 6.92 Å². The molecule has 94 valence electrons. The van der Waals surface area contributed by atoms with Crippen molar-refractivity contribution in [3.8, 4) is 0 Å². The zero-order valence-corrected chi connectivity index (χ0v) is 12.0. The van der Waals surface area contributed by atoms with Gasteiger partial charge in [0.15, 0.2) is 0 Å². The summed E-state index contributed by atoms with van der Waals surface area (Å²) in [4.78, 5) is 8.91. The van der Waals surface area contributed by atoms with Crippen LogP contribution in [0.5, 0.6) is 0 Å². The van der Waals surface area contributed by atoms with Crippen molar-refractivity contribution in [2.45, 2.75) is 6.92 Å². The van der Waals surface area contributed by atoms with Crippen LogP contribution in [0.25, 0.3) is 10.9 Å². The molecule has 4 heteroatoms. The maximum absolute atomic E-state index is 4.59. The fraction of sp³-hybridized carbons (Fsp3) is 0.0667. The highest BCUT2D eigenvalue weighted by Crippen LogP contribution is 2.24. The molecule has 19 heavy (non-hydrogen) atoms. The van der Waals surface area contributed by atoms with Crippen LogP contribution in [0.1, 0.15) is 5.69 Å². The van der Waals surface area contributed by atoms with E-state index in [9.17, 15) is 0 Å². The summed E-state index contributed by atoms with van der Waals surface area (Å²) in [5.74, 6) is 0.805. The van der Waals surface area contributed by atoms with Gasteiger partial charge >= 0.3 is 0 Å². The van der Waals surface area contributed by atoms with Gasteiger partial charge in [-0.3, -0.25) is 4.98 Å². The summed E-state index contributed by atoms with van der Waals surface area (Å²) < 4.78 is 0.963. The Labute approximate surface area is 119 Å². The number of nitrogens with zero attached hydrogens (tertiary/aromatic N) is 2. The molecule has 0 fully saturated rings. The number of para-hydroxylation sites is 1. The second-order valence-electron chi connectivity index (χ2n) is 4.32. The zero-order valence-electron chi connectivity index (χ0n) is 10.4. The van der Waals surface area contributed by atoms with Gasteiger partial charge in [0.1, 0.15) is 5.82 Å². The van der Waals surface area contributed by atoms with E-state index in [-0.39, 0.29) is 0 Å². The Morgan fingerprint density at radius 1 is 1.05 bits per heavy atom. The lowest BCUT2D eigenvalue weighted by molar-refractivity contribution is 1.25. The Hall–Kier alpha value is -1.94. The molecule has 0 saturated heterocycles. The third-order valence-corrected chi connectivity index (χ3v) is 3.32. The minimum atomic E-state index is 0.805. The molecule has 0 unspecified atom stereocenters. The van der Waals surface area contributed by atoms with Crippen molar-refractivity contribution in [2.24, 2.45) is 0 Å². The Kier molecular flexibility index (Phi) is 3.17. The molecule has 0 bridgehead atoms. The summed E-state index contributed by atoms with van der Waals surface area (Å²) in [6, 6.07) is 14.1. The molecule has 0 saturated carbocycles. The first-order valence-electron chi connectivity index (χ1n) is 5.97. The number of halogens is 1. The summed E-state index contributed by atoms with van der Waals surface area (Å²) in [5, 5.41) is 4.43. The van der Waals surface area contributed by atoms with Crippen LogP contribution < -0.4 is 5.32 Å². The van der Waals surface area contributed by atoms with Gasteiger partial charge in [-0.15, -0.1) is 0 Å². The number of rotatable bonds is 2. The lowest BCUT2D eigenvalue weighted by Crippen LogP contribution is -1.95. The van der Waals surface area contributed by atoms with Gasteiger partial charge in [-0.1, -0.05) is 18.2 Å². The molecule has 3 aromatic rings. The summed E-state index contributed by atoms with van der Waals surface area (Å²) in [5.41, 5.74) is 2.94. The highest BCUT2D eigenvalue weighted by Gasteiger charge is 2.03. The van der Waals surface area contributed by atoms with Crippen LogP contribution in [0.2, 0.25) is 0 Å². The van der Waals surface area contributed by atoms with E-state index in [1.807, 2.05) is 37.3 Å². The number of benzene rings is 1. The number of hydrogen-bond donors (Lipinski definition) is 1. The maximum Gasteiger partial charge on any atom is 0.130 e. The molecular weight excluding hydrogens is 302 g/mol. The maximum atomic E-state index is 4.59. The SMILES string of the molecule is Cc1ccc2cccc(Nc3ccc(Br)cn3)c2n1. The highest BCUT2D eigenvalue weighted by molar-refractivity contribution is 9.10. The lowest BCUT2D eigenvalue weighted by atomic mass is 10.1. The van der Waals surface area contributed by atoms with Crippen LogP contribution in [0.3, 0.4) is 0 Å². The van der Waals surface area contributed by atoms with Crippen LogP contribution in [0.4, 0.5) is 11.5 Å². The smallest absolute Gasteiger partial charge is 0.130 e. The summed E-state index contributed by atoms with van der Waals surface area (Å²) >= 11 is 3.38. The predicted octanol–water partition coefficient (Wildman–Crippen LogP) is 4.44. The standard InChI is InChI=1S/C15H12BrN3/c1-10-5-6-11-3-2-4-13(15(11)18-10)19-14-8-7-12(16)9-17-14/h2-9H,1H3,(H,17,19). The molecule has 0 aliphatic rings. The van der Waals surface area contributed by atoms with E-state index < -0.39 is 0 Å². The van der Waals surface area contributed by atoms with Gasteiger partial charge in [-0.05, 0) is 47.1 Å². The van der Waals surface area contributed by atoms with Crippen molar-refractivity contribution in [2.75, 3.05) is 5.32 Å². The Morgan fingerprint density at radius 2 is 1.95 bits per heavy atom. The van der Waals surface area contributed by atoms with Crippen LogP contribution >= 0.6 is 15.9 Å². The van der Waals surface area contributed by atoms with Crippen molar-refractivity contribution in [1.82, 2.24) is 9.97 Å². The van der Waals surface area contributed by atoms with Crippen LogP contribution in [-0.4, -0.2) is 9.97 Å². The molecule has 0 aliphatic carbocycles.